The van der Waals surface area contributed by atoms with Crippen molar-refractivity contribution in [3.63, 3.8) is 0 Å². The lowest BCUT2D eigenvalue weighted by atomic mass is 9.95. The molecule has 0 aromatic rings. The molecule has 2 amide bonds. The van der Waals surface area contributed by atoms with E-state index in [4.69, 9.17) is 32.9 Å². The highest BCUT2D eigenvalue weighted by atomic mass is 31.2. The quantitative estimate of drug-likeness (QED) is 0.0143. The van der Waals surface area contributed by atoms with Crippen LogP contribution in [-0.4, -0.2) is 130 Å². The summed E-state index contributed by atoms with van der Waals surface area (Å²) in [5.74, 6) is -5.65. The molecule has 22 heteroatoms. The van der Waals surface area contributed by atoms with Crippen LogP contribution < -0.4 is 10.6 Å². The Bertz CT molecular complexity index is 1960. The van der Waals surface area contributed by atoms with Crippen LogP contribution in [0.25, 0.3) is 0 Å². The van der Waals surface area contributed by atoms with Gasteiger partial charge in [0, 0.05) is 19.3 Å². The minimum absolute atomic E-state index is 0.110. The van der Waals surface area contributed by atoms with Gasteiger partial charge < -0.3 is 59.1 Å². The Morgan fingerprint density at radius 1 is 0.451 bits per heavy atom. The Labute approximate surface area is 547 Å². The van der Waals surface area contributed by atoms with Gasteiger partial charge in [0.15, 0.2) is 18.4 Å². The highest BCUT2D eigenvalue weighted by molar-refractivity contribution is 7.46. The number of aliphatic hydroxyl groups is 1. The van der Waals surface area contributed by atoms with Crippen LogP contribution in [0.15, 0.2) is 0 Å². The number of esters is 4. The minimum atomic E-state index is -5.54. The van der Waals surface area contributed by atoms with Gasteiger partial charge in [-0.1, -0.05) is 234 Å². The number of nitrogens with one attached hydrogen (secondary N) is 2. The Kier molecular flexibility index (Phi) is 52.1. The lowest BCUT2D eigenvalue weighted by Crippen LogP contribution is -2.66. The summed E-state index contributed by atoms with van der Waals surface area (Å²) in [6.45, 7) is 10.6. The number of unbranched alkanes of at least 4 members (excludes halogenated alkanes) is 30. The van der Waals surface area contributed by atoms with Gasteiger partial charge in [0.2, 0.25) is 11.8 Å². The number of hydrogen-bond acceptors (Lipinski definition) is 16. The molecule has 1 saturated heterocycles. The third-order valence-corrected chi connectivity index (χ3v) is 17.2. The molecule has 532 valence electrons. The van der Waals surface area contributed by atoms with Crippen LogP contribution in [0, 0.1) is 0 Å². The number of phosphoric ester groups is 1. The molecule has 1 aliphatic heterocycles. The molecule has 1 rings (SSSR count). The number of phosphoric acid groups is 1. The van der Waals surface area contributed by atoms with Crippen molar-refractivity contribution in [2.45, 2.75) is 385 Å². The van der Waals surface area contributed by atoms with Crippen molar-refractivity contribution in [2.75, 3.05) is 13.2 Å². The van der Waals surface area contributed by atoms with Crippen LogP contribution in [0.2, 0.25) is 0 Å². The monoisotopic (exact) mass is 1320 g/mol. The summed E-state index contributed by atoms with van der Waals surface area (Å²) in [4.78, 5) is 116. The van der Waals surface area contributed by atoms with Gasteiger partial charge in [-0.05, 0) is 57.8 Å². The van der Waals surface area contributed by atoms with E-state index in [1.54, 1.807) is 0 Å². The van der Waals surface area contributed by atoms with Crippen molar-refractivity contribution in [2.24, 2.45) is 0 Å². The van der Waals surface area contributed by atoms with Crippen LogP contribution in [0.4, 0.5) is 0 Å². The predicted octanol–water partition coefficient (Wildman–Crippen LogP) is 14.6. The lowest BCUT2D eigenvalue weighted by Gasteiger charge is -2.45. The Hall–Kier alpha value is -3.72. The van der Waals surface area contributed by atoms with Crippen molar-refractivity contribution in [1.29, 1.82) is 0 Å². The van der Waals surface area contributed by atoms with Crippen molar-refractivity contribution in [1.82, 2.24) is 10.6 Å². The zero-order valence-corrected chi connectivity index (χ0v) is 58.2. The Balaban J connectivity index is 3.78. The molecule has 0 saturated carbocycles. The second kappa shape index (κ2) is 55.6. The number of amides is 2. The van der Waals surface area contributed by atoms with Gasteiger partial charge in [-0.2, -0.15) is 0 Å². The molecule has 0 bridgehead atoms. The standard InChI is InChI=1S/C69H127N2O19P/c1-7-13-19-22-25-28-31-34-40-43-54(85-61(75)46-37-16-10-4)49-59(73)70-57(68(79)80)53-84-69-65(71-60(74)50-55(86-62(76)47-38-17-11-5)44-41-35-32-29-26-23-20-14-8-2)67(66(58(52-72)88-69)90-91(81,82)83)89-64(78)51-56(87-63(77)48-39-18-12-6)45-42-36-33-30-27-24-21-15-9-3/h54-58,65-67,69,72H,7-53H2,1-6H3,(H,70,73)(H,71,74)(H,79,80)(H2,81,82,83)/t54-,55-,56-,57+,58-,65-,66-,67-,69+/m1/s1. The summed E-state index contributed by atoms with van der Waals surface area (Å²) in [6.07, 6.45) is 24.1. The molecule has 1 heterocycles. The summed E-state index contributed by atoms with van der Waals surface area (Å²) in [6, 6.07) is -3.59. The van der Waals surface area contributed by atoms with E-state index in [9.17, 15) is 58.1 Å². The second-order valence-electron chi connectivity index (χ2n) is 25.3. The summed E-state index contributed by atoms with van der Waals surface area (Å²) in [5.41, 5.74) is 0. The zero-order valence-electron chi connectivity index (χ0n) is 57.3. The number of hydrogen-bond donors (Lipinski definition) is 6. The summed E-state index contributed by atoms with van der Waals surface area (Å²) < 4.78 is 54.0. The molecule has 0 unspecified atom stereocenters. The number of ether oxygens (including phenoxy) is 6. The van der Waals surface area contributed by atoms with Crippen molar-refractivity contribution in [3.05, 3.63) is 0 Å². The Morgan fingerprint density at radius 3 is 1.14 bits per heavy atom. The van der Waals surface area contributed by atoms with E-state index in [-0.39, 0.29) is 32.1 Å². The molecule has 0 aromatic carbocycles. The molecule has 1 aliphatic rings. The number of carbonyl (C=O) groups excluding carboxylic acids is 6. The molecule has 0 radical (unpaired) electrons. The largest absolute Gasteiger partial charge is 0.480 e. The average molecular weight is 1320 g/mol. The molecular formula is C69H127N2O19P. The molecule has 6 N–H and O–H groups in total. The fourth-order valence-electron chi connectivity index (χ4n) is 11.4. The van der Waals surface area contributed by atoms with Gasteiger partial charge in [-0.25, -0.2) is 9.36 Å². The van der Waals surface area contributed by atoms with E-state index >= 15 is 0 Å². The number of aliphatic carboxylic acids is 1. The van der Waals surface area contributed by atoms with Crippen LogP contribution in [0.1, 0.15) is 330 Å². The normalized spacial score (nSPS) is 18.0. The van der Waals surface area contributed by atoms with Crippen LogP contribution in [0.5, 0.6) is 0 Å². The zero-order chi connectivity index (χ0) is 67.3. The van der Waals surface area contributed by atoms with E-state index in [0.717, 1.165) is 148 Å². The highest BCUT2D eigenvalue weighted by Crippen LogP contribution is 2.42. The fraction of sp³-hybridized carbons (Fsp3) is 0.899. The maximum absolute atomic E-state index is 14.6. The fourth-order valence-corrected chi connectivity index (χ4v) is 12.0. The summed E-state index contributed by atoms with van der Waals surface area (Å²) in [7, 11) is -5.54. The molecular weight excluding hydrogens is 1190 g/mol. The van der Waals surface area contributed by atoms with Crippen LogP contribution in [-0.2, 0) is 71.1 Å². The molecule has 9 atom stereocenters. The van der Waals surface area contributed by atoms with Gasteiger partial charge >= 0.3 is 37.7 Å². The van der Waals surface area contributed by atoms with E-state index in [2.05, 4.69) is 31.4 Å². The van der Waals surface area contributed by atoms with Gasteiger partial charge in [-0.3, -0.25) is 33.3 Å². The molecule has 0 spiro atoms. The first kappa shape index (κ1) is 85.3. The van der Waals surface area contributed by atoms with Crippen LogP contribution >= 0.6 is 7.82 Å². The van der Waals surface area contributed by atoms with Crippen LogP contribution in [0.3, 0.4) is 0 Å². The van der Waals surface area contributed by atoms with E-state index in [0.29, 0.717) is 51.4 Å². The number of carboxylic acid groups (broad SMARTS) is 1. The maximum Gasteiger partial charge on any atom is 0.470 e. The first-order chi connectivity index (χ1) is 43.8. The summed E-state index contributed by atoms with van der Waals surface area (Å²) in [5, 5.41) is 26.5. The predicted molar refractivity (Wildman–Crippen MR) is 351 cm³/mol. The first-order valence-electron chi connectivity index (χ1n) is 36.1. The molecule has 91 heavy (non-hydrogen) atoms. The van der Waals surface area contributed by atoms with Crippen molar-refractivity contribution < 1.29 is 91.1 Å². The third kappa shape index (κ3) is 45.3. The van der Waals surface area contributed by atoms with E-state index in [1.165, 1.54) is 44.9 Å². The Morgan fingerprint density at radius 2 is 0.791 bits per heavy atom. The molecule has 1 fully saturated rings. The highest BCUT2D eigenvalue weighted by Gasteiger charge is 2.52. The topological polar surface area (TPSA) is 306 Å². The van der Waals surface area contributed by atoms with Gasteiger partial charge in [0.05, 0.1) is 32.5 Å². The smallest absolute Gasteiger partial charge is 0.470 e. The number of carbonyl (C=O) groups is 7. The number of aliphatic hydroxyl groups excluding tert-OH is 1. The van der Waals surface area contributed by atoms with Crippen molar-refractivity contribution in [3.8, 4) is 0 Å². The lowest BCUT2D eigenvalue weighted by molar-refractivity contribution is -0.272. The van der Waals surface area contributed by atoms with E-state index in [1.807, 2.05) is 20.8 Å². The van der Waals surface area contributed by atoms with Gasteiger partial charge in [0.25, 0.3) is 0 Å². The average Bonchev–Trinajstić information content (AvgIpc) is 1.06. The second-order valence-corrected chi connectivity index (χ2v) is 26.5. The first-order valence-corrected chi connectivity index (χ1v) is 37.6. The molecule has 0 aliphatic carbocycles. The number of carboxylic acids is 1. The van der Waals surface area contributed by atoms with Gasteiger partial charge in [0.1, 0.15) is 36.6 Å². The molecule has 21 nitrogen and oxygen atoms in total. The van der Waals surface area contributed by atoms with E-state index < -0.39 is 131 Å². The third-order valence-electron chi connectivity index (χ3n) is 16.7. The van der Waals surface area contributed by atoms with Crippen molar-refractivity contribution >= 4 is 49.5 Å². The number of rotatable bonds is 61. The van der Waals surface area contributed by atoms with Gasteiger partial charge in [-0.15, -0.1) is 0 Å². The SMILES string of the molecule is CCCCCCCCCCC[C@H](CC(=O)N[C@H]1[C@@H](OC[C@H](NC(=O)C[C@@H](CCCCCCCCCCC)OC(=O)CCCCC)C(=O)O)O[C@H](CO)[C@@H](OP(=O)(O)O)[C@@H]1OC(=O)C[C@@H](CCCCCCCCCCC)OC(=O)CCCCC)OC(=O)CCCCC. The minimum Gasteiger partial charge on any atom is -0.480 e. The summed E-state index contributed by atoms with van der Waals surface area (Å²) >= 11 is 0. The maximum atomic E-state index is 14.6. The molecule has 0 aromatic heterocycles.